The smallest absolute Gasteiger partial charge is 0.408 e. The first kappa shape index (κ1) is 49.6. The third-order valence-electron chi connectivity index (χ3n) is 11.0. The normalized spacial score (nSPS) is 18.4. The topological polar surface area (TPSA) is 216 Å². The number of aliphatic hydroxyl groups is 2. The highest BCUT2D eigenvalue weighted by Crippen LogP contribution is 2.37. The van der Waals surface area contributed by atoms with Gasteiger partial charge >= 0.3 is 18.0 Å². The molecule has 2 saturated carbocycles. The Balaban J connectivity index is 0.000000250. The molecular weight excluding hydrogens is 829 g/mol. The highest BCUT2D eigenvalue weighted by molar-refractivity contribution is 6.02. The molecule has 6 rings (SSSR count). The first-order valence-corrected chi connectivity index (χ1v) is 21.5. The van der Waals surface area contributed by atoms with E-state index >= 15 is 0 Å². The van der Waals surface area contributed by atoms with E-state index in [1.807, 2.05) is 48.5 Å². The summed E-state index contributed by atoms with van der Waals surface area (Å²) in [6, 6.07) is 19.9. The number of esters is 2. The summed E-state index contributed by atoms with van der Waals surface area (Å²) in [5.74, 6) is 11.7. The summed E-state index contributed by atoms with van der Waals surface area (Å²) < 4.78 is 14.9. The first-order chi connectivity index (χ1) is 30.5. The molecule has 0 saturated heterocycles. The average molecular weight is 889 g/mol. The van der Waals surface area contributed by atoms with Crippen LogP contribution in [0.1, 0.15) is 93.2 Å². The van der Waals surface area contributed by atoms with E-state index < -0.39 is 58.6 Å². The summed E-state index contributed by atoms with van der Waals surface area (Å²) in [4.78, 5) is 62.6. The Hall–Kier alpha value is -6.45. The number of aliphatic hydroxyl groups excluding tert-OH is 2. The second-order valence-electron chi connectivity index (χ2n) is 18.7. The molecule has 2 aliphatic carbocycles. The fraction of sp³-hybridized carbons (Fsp3) is 0.431. The summed E-state index contributed by atoms with van der Waals surface area (Å²) in [5.41, 5.74) is 5.67. The molecule has 65 heavy (non-hydrogen) atoms. The van der Waals surface area contributed by atoms with Crippen molar-refractivity contribution in [1.82, 2.24) is 16.0 Å². The van der Waals surface area contributed by atoms with Gasteiger partial charge in [-0.2, -0.15) is 0 Å². The van der Waals surface area contributed by atoms with Crippen LogP contribution < -0.4 is 21.7 Å². The number of amides is 3. The van der Waals surface area contributed by atoms with Gasteiger partial charge in [0.15, 0.2) is 0 Å². The molecule has 0 radical (unpaired) electrons. The molecule has 0 aliphatic heterocycles. The van der Waals surface area contributed by atoms with Crippen LogP contribution >= 0.6 is 0 Å². The van der Waals surface area contributed by atoms with Gasteiger partial charge in [0.2, 0.25) is 0 Å². The molecule has 14 heteroatoms. The summed E-state index contributed by atoms with van der Waals surface area (Å²) in [7, 11) is 2.48. The summed E-state index contributed by atoms with van der Waals surface area (Å²) >= 11 is 0. The molecule has 4 aromatic rings. The molecule has 344 valence electrons. The number of alkyl carbamates (subject to hydrolysis) is 1. The maximum atomic E-state index is 13.1. The minimum atomic E-state index is -1.20. The number of benzene rings is 4. The van der Waals surface area contributed by atoms with E-state index in [-0.39, 0.29) is 31.0 Å². The Labute approximate surface area is 380 Å². The van der Waals surface area contributed by atoms with Crippen LogP contribution in [0.2, 0.25) is 0 Å². The van der Waals surface area contributed by atoms with E-state index in [4.69, 9.17) is 30.2 Å². The molecule has 0 bridgehead atoms. The van der Waals surface area contributed by atoms with Crippen LogP contribution in [0.15, 0.2) is 72.8 Å². The van der Waals surface area contributed by atoms with Gasteiger partial charge in [-0.1, -0.05) is 47.9 Å². The largest absolute Gasteiger partial charge is 0.467 e. The van der Waals surface area contributed by atoms with Crippen LogP contribution in [0.25, 0.3) is 21.5 Å². The van der Waals surface area contributed by atoms with Gasteiger partial charge in [0.05, 0.1) is 19.8 Å². The quantitative estimate of drug-likeness (QED) is 0.0652. The summed E-state index contributed by atoms with van der Waals surface area (Å²) in [6.45, 7) is 12.1. The van der Waals surface area contributed by atoms with Crippen molar-refractivity contribution < 1.29 is 48.4 Å². The van der Waals surface area contributed by atoms with Gasteiger partial charge < -0.3 is 46.1 Å². The molecular formula is C51H60N4O10. The maximum Gasteiger partial charge on any atom is 0.408 e. The van der Waals surface area contributed by atoms with Crippen molar-refractivity contribution >= 4 is 51.4 Å². The zero-order chi connectivity index (χ0) is 47.9. The number of hydrogen-bond donors (Lipinski definition) is 6. The second-order valence-corrected chi connectivity index (χ2v) is 18.7. The number of hydrogen-bond acceptors (Lipinski definition) is 11. The van der Waals surface area contributed by atoms with Gasteiger partial charge in [-0.25, -0.2) is 14.4 Å². The SMILES string of the molecule is COC(=O)[C@@H](NC(=O)c1ccc2cc(C#C[C@H]3C[C@@H]3CO)ccc2c1)C(C)(C)N.COC(=O)[C@@H](NC(=O)c1ccc2cc(C#C[C@H]3C[C@@H]3CO)ccc2c1)C(C)(C)NC(=O)OC(C)(C)C. The number of ether oxygens (including phenoxy) is 3. The van der Waals surface area contributed by atoms with E-state index in [0.717, 1.165) is 45.5 Å². The number of fused-ring (bicyclic) bond motifs is 2. The first-order valence-electron chi connectivity index (χ1n) is 21.5. The fourth-order valence-corrected chi connectivity index (χ4v) is 6.92. The van der Waals surface area contributed by atoms with Crippen LogP contribution in [-0.2, 0) is 23.8 Å². The molecule has 0 heterocycles. The number of nitrogens with two attached hydrogens (primary N) is 1. The number of rotatable bonds is 11. The van der Waals surface area contributed by atoms with E-state index in [0.29, 0.717) is 17.0 Å². The second kappa shape index (κ2) is 20.6. The maximum absolute atomic E-state index is 13.1. The Morgan fingerprint density at radius 3 is 1.43 bits per heavy atom. The van der Waals surface area contributed by atoms with Crippen LogP contribution in [0.5, 0.6) is 0 Å². The minimum absolute atomic E-state index is 0.174. The number of carbonyl (C=O) groups excluding carboxylic acids is 5. The third-order valence-corrected chi connectivity index (χ3v) is 11.0. The van der Waals surface area contributed by atoms with E-state index in [1.165, 1.54) is 14.2 Å². The zero-order valence-electron chi connectivity index (χ0n) is 38.5. The highest BCUT2D eigenvalue weighted by atomic mass is 16.6. The Bertz CT molecular complexity index is 2570. The Morgan fingerprint density at radius 1 is 0.646 bits per heavy atom. The van der Waals surface area contributed by atoms with Crippen molar-refractivity contribution in [2.45, 2.75) is 90.1 Å². The molecule has 3 amide bonds. The van der Waals surface area contributed by atoms with Crippen molar-refractivity contribution in [2.24, 2.45) is 29.4 Å². The number of nitrogens with one attached hydrogen (secondary N) is 3. The predicted molar refractivity (Wildman–Crippen MR) is 247 cm³/mol. The number of methoxy groups -OCH3 is 2. The molecule has 7 N–H and O–H groups in total. The lowest BCUT2D eigenvalue weighted by Crippen LogP contribution is -2.62. The van der Waals surface area contributed by atoms with Gasteiger partial charge in [-0.3, -0.25) is 9.59 Å². The average Bonchev–Trinajstić information content (AvgIpc) is 4.19. The molecule has 4 aromatic carbocycles. The van der Waals surface area contributed by atoms with Crippen molar-refractivity contribution in [3.8, 4) is 23.7 Å². The summed E-state index contributed by atoms with van der Waals surface area (Å²) in [6.07, 6.45) is 1.18. The fourth-order valence-electron chi connectivity index (χ4n) is 6.92. The monoisotopic (exact) mass is 888 g/mol. The lowest BCUT2D eigenvalue weighted by atomic mass is 9.94. The van der Waals surface area contributed by atoms with Crippen LogP contribution in [0.3, 0.4) is 0 Å². The van der Waals surface area contributed by atoms with E-state index in [1.54, 1.807) is 72.7 Å². The molecule has 0 unspecified atom stereocenters. The van der Waals surface area contributed by atoms with Crippen molar-refractivity contribution in [2.75, 3.05) is 27.4 Å². The molecule has 0 aromatic heterocycles. The van der Waals surface area contributed by atoms with Crippen LogP contribution in [-0.4, -0.2) is 96.3 Å². The van der Waals surface area contributed by atoms with E-state index in [9.17, 15) is 24.0 Å². The van der Waals surface area contributed by atoms with Crippen molar-refractivity contribution in [3.05, 3.63) is 95.1 Å². The predicted octanol–water partition coefficient (Wildman–Crippen LogP) is 5.22. The van der Waals surface area contributed by atoms with Crippen molar-refractivity contribution in [1.29, 1.82) is 0 Å². The standard InChI is InChI=1S/C28H34N2O6.C23H26N2O4/c1-27(2,3)36-26(34)30-28(4,5)23(25(33)35-6)29-24(32)21-12-11-18-13-17(7-9-19(18)14-21)8-10-20-15-22(20)16-31;1-23(2,24)20(22(28)29-3)25-21(27)18-9-8-15-10-14(4-6-16(15)11-18)5-7-17-12-19(17)13-26/h7,9,11-14,20,22-23,31H,15-16H2,1-6H3,(H,29,32)(H,30,34);4,6,8-11,17,19-20,26H,12-13,24H2,1-3H3,(H,25,27)/t20-,22+,23+;17-,19+,20+/m00/s1. The van der Waals surface area contributed by atoms with Gasteiger partial charge in [0.25, 0.3) is 11.8 Å². The zero-order valence-corrected chi connectivity index (χ0v) is 38.5. The molecule has 2 fully saturated rings. The molecule has 0 spiro atoms. The Kier molecular flexibility index (Phi) is 15.7. The summed E-state index contributed by atoms with van der Waals surface area (Å²) in [5, 5.41) is 29.9. The molecule has 14 nitrogen and oxygen atoms in total. The lowest BCUT2D eigenvalue weighted by molar-refractivity contribution is -0.145. The van der Waals surface area contributed by atoms with Gasteiger partial charge in [-0.05, 0) is 143 Å². The molecule has 6 atom stereocenters. The van der Waals surface area contributed by atoms with Crippen molar-refractivity contribution in [3.63, 3.8) is 0 Å². The lowest BCUT2D eigenvalue weighted by Gasteiger charge is -2.34. The van der Waals surface area contributed by atoms with E-state index in [2.05, 4.69) is 39.6 Å². The highest BCUT2D eigenvalue weighted by Gasteiger charge is 2.40. The van der Waals surface area contributed by atoms with Gasteiger partial charge in [-0.15, -0.1) is 0 Å². The van der Waals surface area contributed by atoms with Gasteiger partial charge in [0, 0.05) is 52.8 Å². The minimum Gasteiger partial charge on any atom is -0.467 e. The molecule has 2 aliphatic rings. The van der Waals surface area contributed by atoms with Crippen LogP contribution in [0, 0.1) is 47.4 Å². The number of carbonyl (C=O) groups is 5. The van der Waals surface area contributed by atoms with Crippen LogP contribution in [0.4, 0.5) is 4.79 Å². The Morgan fingerprint density at radius 2 is 1.05 bits per heavy atom. The van der Waals surface area contributed by atoms with Gasteiger partial charge in [0.1, 0.15) is 17.7 Å². The third kappa shape index (κ3) is 13.8.